The first kappa shape index (κ1) is 19.1. The van der Waals surface area contributed by atoms with Crippen molar-refractivity contribution in [2.45, 2.75) is 25.3 Å². The molecule has 1 fully saturated rings. The van der Waals surface area contributed by atoms with Crippen LogP contribution in [0.4, 0.5) is 5.69 Å². The smallest absolute Gasteiger partial charge is 0.261 e. The third-order valence-corrected chi connectivity index (χ3v) is 5.81. The molecule has 0 spiro atoms. The van der Waals surface area contributed by atoms with Gasteiger partial charge in [0, 0.05) is 54.9 Å². The van der Waals surface area contributed by atoms with E-state index in [0.29, 0.717) is 6.54 Å². The molecule has 3 N–H and O–H groups in total. The summed E-state index contributed by atoms with van der Waals surface area (Å²) in [4.78, 5) is 25.3. The lowest BCUT2D eigenvalue weighted by molar-refractivity contribution is -0.128. The summed E-state index contributed by atoms with van der Waals surface area (Å²) < 4.78 is 0. The van der Waals surface area contributed by atoms with Crippen molar-refractivity contribution in [3.8, 4) is 0 Å². The number of thioether (sulfide) groups is 1. The van der Waals surface area contributed by atoms with Crippen LogP contribution in [0, 0.1) is 0 Å². The van der Waals surface area contributed by atoms with Crippen LogP contribution in [0.25, 0.3) is 11.0 Å². The number of halogens is 1. The minimum atomic E-state index is -0.282. The number of carbonyl (C=O) groups is 1. The Balaban J connectivity index is 0.00000196. The lowest BCUT2D eigenvalue weighted by Crippen LogP contribution is -2.54. The lowest BCUT2D eigenvalue weighted by atomic mass is 9.92. The van der Waals surface area contributed by atoms with Gasteiger partial charge < -0.3 is 20.5 Å². The molecular weight excluding hydrogens is 370 g/mol. The summed E-state index contributed by atoms with van der Waals surface area (Å²) in [5, 5.41) is 1.07. The van der Waals surface area contributed by atoms with E-state index in [1.165, 1.54) is 0 Å². The van der Waals surface area contributed by atoms with Gasteiger partial charge >= 0.3 is 0 Å². The van der Waals surface area contributed by atoms with E-state index in [4.69, 9.17) is 5.73 Å². The first-order valence-corrected chi connectivity index (χ1v) is 9.64. The van der Waals surface area contributed by atoms with Crippen LogP contribution in [0.1, 0.15) is 19.8 Å². The number of aromatic amines is 1. The Labute approximate surface area is 163 Å². The molecule has 1 atom stereocenters. The van der Waals surface area contributed by atoms with E-state index in [1.807, 2.05) is 36.4 Å². The summed E-state index contributed by atoms with van der Waals surface area (Å²) in [6, 6.07) is 4.03. The van der Waals surface area contributed by atoms with Gasteiger partial charge in [0.05, 0.1) is 10.6 Å². The highest BCUT2D eigenvalue weighted by atomic mass is 35.5. The second-order valence-electron chi connectivity index (χ2n) is 7.09. The molecule has 0 unspecified atom stereocenters. The third kappa shape index (κ3) is 3.70. The number of nitrogens with one attached hydrogen (secondary N) is 1. The minimum absolute atomic E-state index is 0. The summed E-state index contributed by atoms with van der Waals surface area (Å²) in [5.74, 6) is 0.991. The molecule has 4 heterocycles. The summed E-state index contributed by atoms with van der Waals surface area (Å²) in [5.41, 5.74) is 7.93. The van der Waals surface area contributed by atoms with E-state index in [-0.39, 0.29) is 23.9 Å². The van der Waals surface area contributed by atoms with Crippen LogP contribution < -0.4 is 10.6 Å². The van der Waals surface area contributed by atoms with Crippen molar-refractivity contribution in [3.63, 3.8) is 0 Å². The van der Waals surface area contributed by atoms with Crippen molar-refractivity contribution >= 4 is 46.8 Å². The maximum absolute atomic E-state index is 13.0. The van der Waals surface area contributed by atoms with Gasteiger partial charge in [-0.25, -0.2) is 4.98 Å². The minimum Gasteiger partial charge on any atom is -0.346 e. The predicted octanol–water partition coefficient (Wildman–Crippen LogP) is 2.72. The van der Waals surface area contributed by atoms with Crippen LogP contribution in [-0.2, 0) is 4.79 Å². The second-order valence-corrected chi connectivity index (χ2v) is 8.23. The third-order valence-electron chi connectivity index (χ3n) is 4.84. The van der Waals surface area contributed by atoms with Crippen molar-refractivity contribution in [3.05, 3.63) is 35.6 Å². The summed E-state index contributed by atoms with van der Waals surface area (Å²) in [7, 11) is 0. The first-order chi connectivity index (χ1) is 12.0. The normalized spacial score (nSPS) is 23.5. The van der Waals surface area contributed by atoms with E-state index in [0.717, 1.165) is 53.3 Å². The highest BCUT2D eigenvalue weighted by Gasteiger charge is 2.32. The molecule has 0 radical (unpaired) electrons. The zero-order valence-corrected chi connectivity index (χ0v) is 16.4. The molecule has 2 aliphatic rings. The molecule has 4 rings (SSSR count). The Morgan fingerprint density at radius 3 is 3.04 bits per heavy atom. The van der Waals surface area contributed by atoms with Crippen LogP contribution in [0.15, 0.2) is 35.6 Å². The number of aromatic nitrogens is 2. The van der Waals surface area contributed by atoms with Gasteiger partial charge in [-0.1, -0.05) is 0 Å². The Morgan fingerprint density at radius 1 is 1.38 bits per heavy atom. The van der Waals surface area contributed by atoms with Gasteiger partial charge in [-0.05, 0) is 31.9 Å². The van der Waals surface area contributed by atoms with Gasteiger partial charge in [0.1, 0.15) is 5.65 Å². The Morgan fingerprint density at radius 2 is 2.23 bits per heavy atom. The number of H-pyrrole nitrogens is 1. The molecule has 2 aromatic rings. The fourth-order valence-corrected chi connectivity index (χ4v) is 4.56. The van der Waals surface area contributed by atoms with Gasteiger partial charge in [0.15, 0.2) is 0 Å². The van der Waals surface area contributed by atoms with E-state index >= 15 is 0 Å². The number of nitrogens with zero attached hydrogens (tertiary/aromatic N) is 3. The van der Waals surface area contributed by atoms with Crippen LogP contribution >= 0.6 is 24.2 Å². The second kappa shape index (κ2) is 7.50. The van der Waals surface area contributed by atoms with Gasteiger partial charge in [-0.3, -0.25) is 4.79 Å². The van der Waals surface area contributed by atoms with E-state index in [9.17, 15) is 4.79 Å². The summed E-state index contributed by atoms with van der Waals surface area (Å²) >= 11 is 1.63. The molecule has 0 aromatic carbocycles. The topological polar surface area (TPSA) is 78.2 Å². The van der Waals surface area contributed by atoms with Crippen LogP contribution in [0.3, 0.4) is 0 Å². The Hall–Kier alpha value is -1.70. The van der Waals surface area contributed by atoms with E-state index in [1.54, 1.807) is 18.0 Å². The van der Waals surface area contributed by atoms with Crippen LogP contribution in [0.5, 0.6) is 0 Å². The molecule has 0 saturated carbocycles. The number of nitrogens with two attached hydrogens (primary N) is 1. The molecule has 0 aliphatic carbocycles. The number of hydrogen-bond acceptors (Lipinski definition) is 5. The fraction of sp³-hybridized carbons (Fsp3) is 0.444. The first-order valence-electron chi connectivity index (χ1n) is 8.65. The molecule has 0 bridgehead atoms. The van der Waals surface area contributed by atoms with Crippen LogP contribution in [-0.4, -0.2) is 51.7 Å². The van der Waals surface area contributed by atoms with E-state index < -0.39 is 0 Å². The van der Waals surface area contributed by atoms with Gasteiger partial charge in [-0.15, -0.1) is 24.2 Å². The summed E-state index contributed by atoms with van der Waals surface area (Å²) in [6.45, 7) is 4.32. The standard InChI is InChI=1S/C18H23N5OS.ClH/c1-18(19)5-2-8-23(12-18)17(24)15-11-22(9-10-25-15)14-4-7-21-16-13(14)3-6-20-16;/h3-4,6-7,11H,2,5,8-10,12,19H2,1H3,(H,20,21);1H/t18-;/m0./s1. The molecule has 2 aliphatic heterocycles. The number of likely N-dealkylation sites (tertiary alicyclic amines) is 1. The number of carbonyl (C=O) groups excluding carboxylic acids is 1. The number of piperidine rings is 1. The molecule has 140 valence electrons. The molecule has 1 saturated heterocycles. The number of hydrogen-bond donors (Lipinski definition) is 2. The Bertz CT molecular complexity index is 834. The zero-order valence-electron chi connectivity index (χ0n) is 14.8. The van der Waals surface area contributed by atoms with Crippen LogP contribution in [0.2, 0.25) is 0 Å². The van der Waals surface area contributed by atoms with Gasteiger partial charge in [0.25, 0.3) is 5.91 Å². The average Bonchev–Trinajstić information content (AvgIpc) is 3.09. The van der Waals surface area contributed by atoms with E-state index in [2.05, 4.69) is 14.9 Å². The predicted molar refractivity (Wildman–Crippen MR) is 110 cm³/mol. The Kier molecular flexibility index (Phi) is 5.50. The van der Waals surface area contributed by atoms with Crippen molar-refractivity contribution in [2.75, 3.05) is 30.3 Å². The lowest BCUT2D eigenvalue weighted by Gasteiger charge is -2.38. The highest BCUT2D eigenvalue weighted by molar-refractivity contribution is 8.04. The molecule has 6 nitrogen and oxygen atoms in total. The number of amides is 1. The van der Waals surface area contributed by atoms with Crippen molar-refractivity contribution in [1.82, 2.24) is 14.9 Å². The number of anilines is 1. The number of rotatable bonds is 2. The van der Waals surface area contributed by atoms with Gasteiger partial charge in [-0.2, -0.15) is 0 Å². The monoisotopic (exact) mass is 393 g/mol. The van der Waals surface area contributed by atoms with Crippen molar-refractivity contribution < 1.29 is 4.79 Å². The number of pyridine rings is 1. The largest absolute Gasteiger partial charge is 0.346 e. The maximum atomic E-state index is 13.0. The summed E-state index contributed by atoms with van der Waals surface area (Å²) in [6.07, 6.45) is 7.62. The highest BCUT2D eigenvalue weighted by Crippen LogP contribution is 2.32. The maximum Gasteiger partial charge on any atom is 0.261 e. The zero-order chi connectivity index (χ0) is 17.4. The fourth-order valence-electron chi connectivity index (χ4n) is 3.60. The molecule has 1 amide bonds. The number of fused-ring (bicyclic) bond motifs is 1. The van der Waals surface area contributed by atoms with Crippen molar-refractivity contribution in [1.29, 1.82) is 0 Å². The molecule has 2 aromatic heterocycles. The molecular formula is C18H24ClN5OS. The van der Waals surface area contributed by atoms with Crippen molar-refractivity contribution in [2.24, 2.45) is 5.73 Å². The quantitative estimate of drug-likeness (QED) is 0.820. The average molecular weight is 394 g/mol. The SMILES string of the molecule is C[C@]1(N)CCCN(C(=O)C2=CN(c3ccnc4[nH]ccc34)CCS2)C1.Cl. The van der Waals surface area contributed by atoms with Gasteiger partial charge in [0.2, 0.25) is 0 Å². The molecule has 26 heavy (non-hydrogen) atoms. The molecule has 8 heteroatoms.